The average Bonchev–Trinajstić information content (AvgIpc) is 3.49. The van der Waals surface area contributed by atoms with Gasteiger partial charge in [0.1, 0.15) is 18.4 Å². The third-order valence-corrected chi connectivity index (χ3v) is 5.88. The number of rotatable bonds is 7. The van der Waals surface area contributed by atoms with E-state index >= 15 is 0 Å². The van der Waals surface area contributed by atoms with Crippen molar-refractivity contribution < 1.29 is 14.0 Å². The molecule has 0 aliphatic rings. The van der Waals surface area contributed by atoms with Crippen LogP contribution in [0.15, 0.2) is 72.1 Å². The van der Waals surface area contributed by atoms with Crippen molar-refractivity contribution in [3.05, 3.63) is 82.8 Å². The standard InChI is InChI=1S/C25H25FN6O2S/c1-25(2,3)27-24(34)22(20-10-7-15-35-20)32(19-8-5-4-6-9-19)21(33)16-31-29-23(28-30-31)17-11-13-18(26)14-12-17/h4-15,22H,16H2,1-3H3,(H,27,34)/t22-/m1/s1. The van der Waals surface area contributed by atoms with Gasteiger partial charge in [-0.1, -0.05) is 24.3 Å². The van der Waals surface area contributed by atoms with Gasteiger partial charge in [-0.15, -0.1) is 21.5 Å². The SMILES string of the molecule is CC(C)(C)NC(=O)[C@@H](c1cccs1)N(C(=O)Cn1nnc(-c2ccc(F)cc2)n1)c1ccccc1. The van der Waals surface area contributed by atoms with Crippen molar-refractivity contribution in [1.29, 1.82) is 0 Å². The van der Waals surface area contributed by atoms with Crippen molar-refractivity contribution in [2.45, 2.75) is 38.9 Å². The number of halogens is 1. The number of hydrogen-bond donors (Lipinski definition) is 1. The second kappa shape index (κ2) is 10.1. The molecule has 0 fully saturated rings. The summed E-state index contributed by atoms with van der Waals surface area (Å²) in [6.07, 6.45) is 0. The first-order chi connectivity index (χ1) is 16.7. The largest absolute Gasteiger partial charge is 0.349 e. The number of hydrogen-bond acceptors (Lipinski definition) is 6. The van der Waals surface area contributed by atoms with Crippen LogP contribution in [0.2, 0.25) is 0 Å². The molecule has 2 aromatic carbocycles. The van der Waals surface area contributed by atoms with E-state index in [9.17, 15) is 14.0 Å². The number of aromatic nitrogens is 4. The van der Waals surface area contributed by atoms with Gasteiger partial charge >= 0.3 is 0 Å². The Morgan fingerprint density at radius 3 is 2.40 bits per heavy atom. The Hall–Kier alpha value is -3.92. The van der Waals surface area contributed by atoms with Crippen LogP contribution in [0.25, 0.3) is 11.4 Å². The molecule has 4 aromatic rings. The Bertz CT molecular complexity index is 1280. The summed E-state index contributed by atoms with van der Waals surface area (Å²) in [7, 11) is 0. The fourth-order valence-electron chi connectivity index (χ4n) is 3.51. The molecule has 1 N–H and O–H groups in total. The van der Waals surface area contributed by atoms with E-state index in [2.05, 4.69) is 20.7 Å². The van der Waals surface area contributed by atoms with E-state index in [1.165, 1.54) is 33.2 Å². The minimum Gasteiger partial charge on any atom is -0.349 e. The molecule has 0 unspecified atom stereocenters. The van der Waals surface area contributed by atoms with Gasteiger partial charge in [0.05, 0.1) is 0 Å². The van der Waals surface area contributed by atoms with Crippen LogP contribution in [0.1, 0.15) is 31.7 Å². The molecule has 0 saturated heterocycles. The van der Waals surface area contributed by atoms with Crippen LogP contribution in [0.5, 0.6) is 0 Å². The molecular formula is C25H25FN6O2S. The van der Waals surface area contributed by atoms with Gasteiger partial charge in [0.25, 0.3) is 5.91 Å². The van der Waals surface area contributed by atoms with Gasteiger partial charge in [0.15, 0.2) is 0 Å². The number of nitrogens with one attached hydrogen (secondary N) is 1. The zero-order valence-corrected chi connectivity index (χ0v) is 20.4. The van der Waals surface area contributed by atoms with Crippen molar-refractivity contribution >= 4 is 28.8 Å². The predicted molar refractivity (Wildman–Crippen MR) is 132 cm³/mol. The van der Waals surface area contributed by atoms with Gasteiger partial charge in [-0.2, -0.15) is 4.80 Å². The first-order valence-corrected chi connectivity index (χ1v) is 11.9. The summed E-state index contributed by atoms with van der Waals surface area (Å²) in [6, 6.07) is 17.5. The van der Waals surface area contributed by atoms with Crippen molar-refractivity contribution in [1.82, 2.24) is 25.5 Å². The zero-order valence-electron chi connectivity index (χ0n) is 19.6. The van der Waals surface area contributed by atoms with Crippen molar-refractivity contribution in [3.63, 3.8) is 0 Å². The Kier molecular flexibility index (Phi) is 7.02. The number of para-hydroxylation sites is 1. The Labute approximate surface area is 206 Å². The zero-order chi connectivity index (χ0) is 25.0. The topological polar surface area (TPSA) is 93.0 Å². The number of nitrogens with zero attached hydrogens (tertiary/aromatic N) is 5. The number of carbonyl (C=O) groups is 2. The van der Waals surface area contributed by atoms with Gasteiger partial charge in [-0.3, -0.25) is 14.5 Å². The van der Waals surface area contributed by atoms with E-state index in [0.29, 0.717) is 11.3 Å². The Balaban J connectivity index is 1.67. The normalized spacial score (nSPS) is 12.2. The molecule has 2 aromatic heterocycles. The van der Waals surface area contributed by atoms with Crippen LogP contribution in [-0.4, -0.2) is 37.6 Å². The highest BCUT2D eigenvalue weighted by Gasteiger charge is 2.35. The fraction of sp³-hybridized carbons (Fsp3) is 0.240. The summed E-state index contributed by atoms with van der Waals surface area (Å²) in [5.41, 5.74) is 0.653. The molecular weight excluding hydrogens is 467 g/mol. The Morgan fingerprint density at radius 2 is 1.77 bits per heavy atom. The molecule has 0 saturated carbocycles. The minimum absolute atomic E-state index is 0.242. The molecule has 0 aliphatic carbocycles. The van der Waals surface area contributed by atoms with Crippen LogP contribution in [-0.2, 0) is 16.1 Å². The summed E-state index contributed by atoms with van der Waals surface area (Å²) in [5.74, 6) is -0.787. The molecule has 0 aliphatic heterocycles. The lowest BCUT2D eigenvalue weighted by molar-refractivity contribution is -0.128. The maximum Gasteiger partial charge on any atom is 0.251 e. The van der Waals surface area contributed by atoms with E-state index in [0.717, 1.165) is 4.88 Å². The maximum absolute atomic E-state index is 13.7. The van der Waals surface area contributed by atoms with Gasteiger partial charge in [-0.05, 0) is 73.8 Å². The summed E-state index contributed by atoms with van der Waals surface area (Å²) >= 11 is 1.40. The molecule has 0 spiro atoms. The van der Waals surface area contributed by atoms with Crippen molar-refractivity contribution in [3.8, 4) is 11.4 Å². The van der Waals surface area contributed by atoms with Crippen LogP contribution in [0, 0.1) is 5.82 Å². The number of amides is 2. The van der Waals surface area contributed by atoms with Crippen LogP contribution >= 0.6 is 11.3 Å². The highest BCUT2D eigenvalue weighted by Crippen LogP contribution is 2.31. The highest BCUT2D eigenvalue weighted by molar-refractivity contribution is 7.10. The lowest BCUT2D eigenvalue weighted by Crippen LogP contribution is -2.50. The number of anilines is 1. The maximum atomic E-state index is 13.7. The minimum atomic E-state index is -0.885. The van der Waals surface area contributed by atoms with E-state index in [-0.39, 0.29) is 30.0 Å². The summed E-state index contributed by atoms with van der Waals surface area (Å²) in [5, 5.41) is 17.1. The molecule has 10 heteroatoms. The molecule has 0 bridgehead atoms. The first kappa shape index (κ1) is 24.2. The number of thiophene rings is 1. The lowest BCUT2D eigenvalue weighted by Gasteiger charge is -2.32. The molecule has 2 amide bonds. The molecule has 1 atom stereocenters. The summed E-state index contributed by atoms with van der Waals surface area (Å²) in [6.45, 7) is 5.43. The first-order valence-electron chi connectivity index (χ1n) is 11.0. The monoisotopic (exact) mass is 492 g/mol. The quantitative estimate of drug-likeness (QED) is 0.417. The third-order valence-electron chi connectivity index (χ3n) is 4.95. The van der Waals surface area contributed by atoms with Gasteiger partial charge < -0.3 is 5.32 Å². The second-order valence-corrected chi connectivity index (χ2v) is 9.89. The average molecular weight is 493 g/mol. The van der Waals surface area contributed by atoms with Crippen LogP contribution < -0.4 is 10.2 Å². The summed E-state index contributed by atoms with van der Waals surface area (Å²) < 4.78 is 13.2. The second-order valence-electron chi connectivity index (χ2n) is 8.91. The summed E-state index contributed by atoms with van der Waals surface area (Å²) in [4.78, 5) is 30.5. The lowest BCUT2D eigenvalue weighted by atomic mass is 10.1. The smallest absolute Gasteiger partial charge is 0.251 e. The molecule has 180 valence electrons. The van der Waals surface area contributed by atoms with Gasteiger partial charge in [0.2, 0.25) is 11.7 Å². The Morgan fingerprint density at radius 1 is 1.06 bits per heavy atom. The number of tetrazole rings is 1. The van der Waals surface area contributed by atoms with E-state index in [1.807, 2.05) is 56.5 Å². The number of benzene rings is 2. The van der Waals surface area contributed by atoms with Crippen LogP contribution in [0.3, 0.4) is 0 Å². The number of carbonyl (C=O) groups excluding carboxylic acids is 2. The van der Waals surface area contributed by atoms with E-state index in [1.54, 1.807) is 24.3 Å². The van der Waals surface area contributed by atoms with Gasteiger partial charge in [-0.25, -0.2) is 4.39 Å². The molecule has 4 rings (SSSR count). The van der Waals surface area contributed by atoms with E-state index < -0.39 is 11.6 Å². The molecule has 35 heavy (non-hydrogen) atoms. The van der Waals surface area contributed by atoms with Crippen molar-refractivity contribution in [2.75, 3.05) is 4.90 Å². The van der Waals surface area contributed by atoms with Crippen molar-refractivity contribution in [2.24, 2.45) is 0 Å². The third kappa shape index (κ3) is 5.96. The van der Waals surface area contributed by atoms with Crippen LogP contribution in [0.4, 0.5) is 10.1 Å². The van der Waals surface area contributed by atoms with E-state index in [4.69, 9.17) is 0 Å². The molecule has 2 heterocycles. The van der Waals surface area contributed by atoms with Gasteiger partial charge in [0, 0.05) is 21.7 Å². The molecule has 8 nitrogen and oxygen atoms in total. The predicted octanol–water partition coefficient (Wildman–Crippen LogP) is 4.23. The molecule has 0 radical (unpaired) electrons. The highest BCUT2D eigenvalue weighted by atomic mass is 32.1. The fourth-order valence-corrected chi connectivity index (χ4v) is 4.32.